The molecule has 2 aromatic rings. The van der Waals surface area contributed by atoms with E-state index >= 15 is 0 Å². The Hall–Kier alpha value is -3.53. The lowest BCUT2D eigenvalue weighted by atomic mass is 10.1. The molecular formula is C24H25N3O6S. The number of piperazine rings is 1. The second kappa shape index (κ2) is 10.2. The highest BCUT2D eigenvalue weighted by molar-refractivity contribution is 7.12. The minimum atomic E-state index is -0.741. The van der Waals surface area contributed by atoms with E-state index in [4.69, 9.17) is 4.74 Å². The number of fused-ring (bicyclic) bond motifs is 1. The molecule has 34 heavy (non-hydrogen) atoms. The molecular weight excluding hydrogens is 458 g/mol. The summed E-state index contributed by atoms with van der Waals surface area (Å²) in [5.74, 6) is -1.93. The van der Waals surface area contributed by atoms with Crippen LogP contribution in [0.2, 0.25) is 0 Å². The lowest BCUT2D eigenvalue weighted by Crippen LogP contribution is -2.51. The predicted molar refractivity (Wildman–Crippen MR) is 124 cm³/mol. The van der Waals surface area contributed by atoms with Gasteiger partial charge < -0.3 is 14.5 Å². The van der Waals surface area contributed by atoms with Gasteiger partial charge in [-0.3, -0.25) is 24.1 Å². The van der Waals surface area contributed by atoms with E-state index in [0.717, 1.165) is 6.42 Å². The molecule has 1 aromatic heterocycles. The number of unbranched alkanes of at least 4 members (excludes halogenated alkanes) is 1. The maximum Gasteiger partial charge on any atom is 0.338 e. The molecule has 10 heteroatoms. The summed E-state index contributed by atoms with van der Waals surface area (Å²) in [5.41, 5.74) is 0.550. The van der Waals surface area contributed by atoms with Crippen molar-refractivity contribution in [2.45, 2.75) is 19.8 Å². The largest absolute Gasteiger partial charge is 0.452 e. The number of rotatable bonds is 7. The molecule has 1 fully saturated rings. The molecule has 3 heterocycles. The minimum absolute atomic E-state index is 0.0496. The van der Waals surface area contributed by atoms with Crippen molar-refractivity contribution >= 4 is 40.9 Å². The molecule has 0 aliphatic carbocycles. The van der Waals surface area contributed by atoms with Gasteiger partial charge in [0.15, 0.2) is 6.61 Å². The smallest absolute Gasteiger partial charge is 0.338 e. The van der Waals surface area contributed by atoms with Crippen LogP contribution in [0, 0.1) is 0 Å². The highest BCUT2D eigenvalue weighted by atomic mass is 32.1. The third-order valence-electron chi connectivity index (χ3n) is 5.92. The van der Waals surface area contributed by atoms with Gasteiger partial charge in [-0.05, 0) is 36.1 Å². The quantitative estimate of drug-likeness (QED) is 0.442. The molecule has 2 aliphatic heterocycles. The Balaban J connectivity index is 1.30. The molecule has 0 radical (unpaired) electrons. The second-order valence-electron chi connectivity index (χ2n) is 8.10. The summed E-state index contributed by atoms with van der Waals surface area (Å²) in [7, 11) is 0. The number of hydrogen-bond acceptors (Lipinski definition) is 7. The van der Waals surface area contributed by atoms with Gasteiger partial charge in [-0.1, -0.05) is 19.4 Å². The first-order chi connectivity index (χ1) is 16.4. The number of thiophene rings is 1. The Morgan fingerprint density at radius 3 is 2.35 bits per heavy atom. The third-order valence-corrected chi connectivity index (χ3v) is 6.78. The van der Waals surface area contributed by atoms with Crippen LogP contribution in [0.5, 0.6) is 0 Å². The molecule has 0 unspecified atom stereocenters. The molecule has 0 N–H and O–H groups in total. The Labute approximate surface area is 200 Å². The summed E-state index contributed by atoms with van der Waals surface area (Å²) >= 11 is 1.38. The Kier molecular flexibility index (Phi) is 7.06. The lowest BCUT2D eigenvalue weighted by molar-refractivity contribution is -0.136. The highest BCUT2D eigenvalue weighted by Crippen LogP contribution is 2.25. The average Bonchev–Trinajstić information content (AvgIpc) is 3.48. The van der Waals surface area contributed by atoms with Gasteiger partial charge in [-0.25, -0.2) is 4.79 Å². The molecule has 1 saturated heterocycles. The van der Waals surface area contributed by atoms with Crippen molar-refractivity contribution in [3.63, 3.8) is 0 Å². The van der Waals surface area contributed by atoms with Crippen LogP contribution in [-0.2, 0) is 9.53 Å². The van der Waals surface area contributed by atoms with Crippen molar-refractivity contribution in [2.75, 3.05) is 39.3 Å². The molecule has 178 valence electrons. The molecule has 0 saturated carbocycles. The number of nitrogens with zero attached hydrogens (tertiary/aromatic N) is 3. The maximum atomic E-state index is 12.6. The Bertz CT molecular complexity index is 1120. The van der Waals surface area contributed by atoms with Gasteiger partial charge in [0, 0.05) is 32.7 Å². The molecule has 2 aliphatic rings. The highest BCUT2D eigenvalue weighted by Gasteiger charge is 2.35. The van der Waals surface area contributed by atoms with Crippen LogP contribution in [0.25, 0.3) is 0 Å². The number of esters is 1. The van der Waals surface area contributed by atoms with Crippen LogP contribution in [0.3, 0.4) is 0 Å². The monoisotopic (exact) mass is 483 g/mol. The summed E-state index contributed by atoms with van der Waals surface area (Å²) in [4.78, 5) is 67.5. The van der Waals surface area contributed by atoms with Gasteiger partial charge in [-0.2, -0.15) is 0 Å². The topological polar surface area (TPSA) is 104 Å². The van der Waals surface area contributed by atoms with E-state index in [2.05, 4.69) is 0 Å². The molecule has 4 amide bonds. The van der Waals surface area contributed by atoms with Gasteiger partial charge in [0.1, 0.15) is 0 Å². The zero-order chi connectivity index (χ0) is 24.2. The van der Waals surface area contributed by atoms with E-state index in [-0.39, 0.29) is 34.4 Å². The van der Waals surface area contributed by atoms with E-state index in [0.29, 0.717) is 44.0 Å². The Morgan fingerprint density at radius 2 is 1.68 bits per heavy atom. The van der Waals surface area contributed by atoms with Crippen molar-refractivity contribution in [1.29, 1.82) is 0 Å². The van der Waals surface area contributed by atoms with Crippen molar-refractivity contribution in [3.05, 3.63) is 57.3 Å². The number of ether oxygens (including phenoxy) is 1. The van der Waals surface area contributed by atoms with Crippen molar-refractivity contribution in [2.24, 2.45) is 0 Å². The summed E-state index contributed by atoms with van der Waals surface area (Å²) in [5, 5.41) is 1.85. The van der Waals surface area contributed by atoms with Crippen LogP contribution in [0.1, 0.15) is 60.5 Å². The normalized spacial score (nSPS) is 15.5. The number of imide groups is 1. The summed E-state index contributed by atoms with van der Waals surface area (Å²) < 4.78 is 5.17. The second-order valence-corrected chi connectivity index (χ2v) is 9.05. The number of amides is 4. The van der Waals surface area contributed by atoms with Gasteiger partial charge >= 0.3 is 5.97 Å². The Morgan fingerprint density at radius 1 is 0.971 bits per heavy atom. The summed E-state index contributed by atoms with van der Waals surface area (Å²) in [6, 6.07) is 7.82. The van der Waals surface area contributed by atoms with Crippen LogP contribution in [0.4, 0.5) is 0 Å². The van der Waals surface area contributed by atoms with Crippen LogP contribution in [-0.4, -0.2) is 83.6 Å². The van der Waals surface area contributed by atoms with Crippen LogP contribution < -0.4 is 0 Å². The molecule has 0 atom stereocenters. The van der Waals surface area contributed by atoms with E-state index in [1.807, 2.05) is 18.4 Å². The molecule has 0 bridgehead atoms. The van der Waals surface area contributed by atoms with Gasteiger partial charge in [0.25, 0.3) is 23.6 Å². The standard InChI is InChI=1S/C24H25N3O6S/c1-2-3-8-27-21(29)17-7-6-16(14-18(17)22(27)30)24(32)33-15-20(28)25-9-11-26(12-10-25)23(31)19-5-4-13-34-19/h4-7,13-14H,2-3,8-12,15H2,1H3. The maximum absolute atomic E-state index is 12.6. The van der Waals surface area contributed by atoms with Crippen molar-refractivity contribution in [1.82, 2.24) is 14.7 Å². The first-order valence-electron chi connectivity index (χ1n) is 11.2. The van der Waals surface area contributed by atoms with E-state index < -0.39 is 18.5 Å². The third kappa shape index (κ3) is 4.72. The first-order valence-corrected chi connectivity index (χ1v) is 12.1. The van der Waals surface area contributed by atoms with Gasteiger partial charge in [0.2, 0.25) is 0 Å². The first kappa shape index (κ1) is 23.6. The lowest BCUT2D eigenvalue weighted by Gasteiger charge is -2.34. The zero-order valence-corrected chi connectivity index (χ0v) is 19.6. The fraction of sp³-hybridized carbons (Fsp3) is 0.375. The fourth-order valence-electron chi connectivity index (χ4n) is 3.95. The van der Waals surface area contributed by atoms with Crippen molar-refractivity contribution in [3.8, 4) is 0 Å². The summed E-state index contributed by atoms with van der Waals surface area (Å²) in [6.07, 6.45) is 1.55. The van der Waals surface area contributed by atoms with Gasteiger partial charge in [-0.15, -0.1) is 11.3 Å². The predicted octanol–water partition coefficient (Wildman–Crippen LogP) is 2.29. The van der Waals surface area contributed by atoms with Crippen LogP contribution >= 0.6 is 11.3 Å². The SMILES string of the molecule is CCCCN1C(=O)c2ccc(C(=O)OCC(=O)N3CCN(C(=O)c4cccs4)CC3)cc2C1=O. The van der Waals surface area contributed by atoms with Crippen LogP contribution in [0.15, 0.2) is 35.7 Å². The van der Waals surface area contributed by atoms with E-state index in [1.54, 1.807) is 15.9 Å². The molecule has 4 rings (SSSR count). The average molecular weight is 484 g/mol. The summed E-state index contributed by atoms with van der Waals surface area (Å²) in [6.45, 7) is 3.40. The van der Waals surface area contributed by atoms with Gasteiger partial charge in [0.05, 0.1) is 21.6 Å². The fourth-order valence-corrected chi connectivity index (χ4v) is 4.64. The number of benzene rings is 1. The van der Waals surface area contributed by atoms with Crippen molar-refractivity contribution < 1.29 is 28.7 Å². The number of carbonyl (C=O) groups is 5. The molecule has 9 nitrogen and oxygen atoms in total. The molecule has 1 aromatic carbocycles. The number of carbonyl (C=O) groups excluding carboxylic acids is 5. The van der Waals surface area contributed by atoms with E-state index in [9.17, 15) is 24.0 Å². The van der Waals surface area contributed by atoms with E-state index in [1.165, 1.54) is 34.4 Å². The zero-order valence-electron chi connectivity index (χ0n) is 18.8. The molecule has 0 spiro atoms. The minimum Gasteiger partial charge on any atom is -0.452 e. The number of hydrogen-bond donors (Lipinski definition) is 0.